The number of hydrogen-bond donors (Lipinski definition) is 0. The molecule has 2 aromatic heterocycles. The maximum atomic E-state index is 12.7. The third kappa shape index (κ3) is 3.05. The van der Waals surface area contributed by atoms with E-state index in [1.165, 1.54) is 16.6 Å². The van der Waals surface area contributed by atoms with Gasteiger partial charge in [-0.05, 0) is 19.8 Å². The summed E-state index contributed by atoms with van der Waals surface area (Å²) in [6, 6.07) is 1.44. The van der Waals surface area contributed by atoms with Gasteiger partial charge in [-0.1, -0.05) is 20.3 Å². The van der Waals surface area contributed by atoms with Crippen LogP contribution in [0.1, 0.15) is 51.8 Å². The van der Waals surface area contributed by atoms with E-state index < -0.39 is 10.0 Å². The lowest BCUT2D eigenvalue weighted by atomic mass is 10.1. The summed E-state index contributed by atoms with van der Waals surface area (Å²) in [7, 11) is -3.63. The van der Waals surface area contributed by atoms with Crippen LogP contribution in [0.25, 0.3) is 11.5 Å². The number of piperidine rings is 1. The van der Waals surface area contributed by atoms with Gasteiger partial charge in [0, 0.05) is 24.6 Å². The lowest BCUT2D eigenvalue weighted by Crippen LogP contribution is -2.41. The number of rotatable bonds is 4. The molecule has 0 saturated carbocycles. The molecule has 0 amide bonds. The first-order chi connectivity index (χ1) is 10.9. The summed E-state index contributed by atoms with van der Waals surface area (Å²) in [4.78, 5) is 0. The van der Waals surface area contributed by atoms with E-state index in [4.69, 9.17) is 8.83 Å². The van der Waals surface area contributed by atoms with E-state index in [0.717, 1.165) is 19.3 Å². The molecule has 1 fully saturated rings. The largest absolute Gasteiger partial charge is 0.451 e. The Kier molecular flexibility index (Phi) is 4.29. The summed E-state index contributed by atoms with van der Waals surface area (Å²) in [6.07, 6.45) is 4.14. The zero-order valence-electron chi connectivity index (χ0n) is 13.5. The summed E-state index contributed by atoms with van der Waals surface area (Å²) in [5.74, 6) is 0.890. The fourth-order valence-corrected chi connectivity index (χ4v) is 4.32. The normalized spacial score (nSPS) is 20.3. The summed E-state index contributed by atoms with van der Waals surface area (Å²) in [6.45, 7) is 6.34. The van der Waals surface area contributed by atoms with E-state index in [0.29, 0.717) is 18.0 Å². The molecule has 7 nitrogen and oxygen atoms in total. The Bertz CT molecular complexity index is 778. The average molecular weight is 339 g/mol. The molecule has 3 heterocycles. The van der Waals surface area contributed by atoms with Gasteiger partial charge in [-0.25, -0.2) is 8.42 Å². The van der Waals surface area contributed by atoms with Gasteiger partial charge in [-0.2, -0.15) is 4.31 Å². The highest BCUT2D eigenvalue weighted by Gasteiger charge is 2.33. The smallest absolute Gasteiger partial charge is 0.276 e. The SMILES string of the molecule is CC(C)c1nnc(-c2coc(S(=O)(=O)N3CCCC[C@@H]3C)c2)o1. The van der Waals surface area contributed by atoms with Crippen LogP contribution in [0, 0.1) is 0 Å². The van der Waals surface area contributed by atoms with Crippen molar-refractivity contribution in [3.05, 3.63) is 18.2 Å². The van der Waals surface area contributed by atoms with Crippen molar-refractivity contribution in [2.24, 2.45) is 0 Å². The summed E-state index contributed by atoms with van der Waals surface area (Å²) in [5.41, 5.74) is 0.479. The maximum absolute atomic E-state index is 12.7. The van der Waals surface area contributed by atoms with Crippen molar-refractivity contribution in [1.29, 1.82) is 0 Å². The Morgan fingerprint density at radius 1 is 1.30 bits per heavy atom. The van der Waals surface area contributed by atoms with Crippen molar-refractivity contribution >= 4 is 10.0 Å². The van der Waals surface area contributed by atoms with Crippen LogP contribution in [-0.2, 0) is 10.0 Å². The van der Waals surface area contributed by atoms with Gasteiger partial charge in [0.2, 0.25) is 11.0 Å². The van der Waals surface area contributed by atoms with E-state index in [1.807, 2.05) is 20.8 Å². The van der Waals surface area contributed by atoms with Gasteiger partial charge in [0.05, 0.1) is 5.56 Å². The number of sulfonamides is 1. The van der Waals surface area contributed by atoms with E-state index >= 15 is 0 Å². The molecule has 126 valence electrons. The van der Waals surface area contributed by atoms with Crippen molar-refractivity contribution in [3.63, 3.8) is 0 Å². The van der Waals surface area contributed by atoms with Crippen LogP contribution in [0.15, 0.2) is 26.3 Å². The predicted octanol–water partition coefficient (Wildman–Crippen LogP) is 3.02. The first kappa shape index (κ1) is 16.2. The average Bonchev–Trinajstić information content (AvgIpc) is 3.17. The molecule has 0 N–H and O–H groups in total. The molecule has 23 heavy (non-hydrogen) atoms. The van der Waals surface area contributed by atoms with Crippen molar-refractivity contribution in [2.45, 2.75) is 57.1 Å². The second kappa shape index (κ2) is 6.09. The lowest BCUT2D eigenvalue weighted by molar-refractivity contribution is 0.262. The summed E-state index contributed by atoms with van der Waals surface area (Å²) in [5, 5.41) is 7.81. The van der Waals surface area contributed by atoms with Crippen molar-refractivity contribution in [1.82, 2.24) is 14.5 Å². The van der Waals surface area contributed by atoms with Gasteiger partial charge in [-0.15, -0.1) is 10.2 Å². The Morgan fingerprint density at radius 2 is 2.09 bits per heavy atom. The minimum atomic E-state index is -3.63. The van der Waals surface area contributed by atoms with Crippen LogP contribution in [0.4, 0.5) is 0 Å². The van der Waals surface area contributed by atoms with Crippen LogP contribution < -0.4 is 0 Å². The molecule has 0 spiro atoms. The third-order valence-electron chi connectivity index (χ3n) is 4.06. The minimum Gasteiger partial charge on any atom is -0.451 e. The molecular weight excluding hydrogens is 318 g/mol. The second-order valence-corrected chi connectivity index (χ2v) is 8.04. The van der Waals surface area contributed by atoms with Crippen molar-refractivity contribution in [3.8, 4) is 11.5 Å². The second-order valence-electron chi connectivity index (χ2n) is 6.22. The number of hydrogen-bond acceptors (Lipinski definition) is 6. The molecule has 1 atom stereocenters. The minimum absolute atomic E-state index is 0.0155. The standard InChI is InChI=1S/C15H21N3O4S/c1-10(2)14-16-17-15(22-14)12-8-13(21-9-12)23(19,20)18-7-5-4-6-11(18)3/h8-11H,4-7H2,1-3H3/t11-/m0/s1. The molecule has 2 aromatic rings. The number of furan rings is 1. The van der Waals surface area contributed by atoms with Crippen LogP contribution in [0.5, 0.6) is 0 Å². The van der Waals surface area contributed by atoms with Gasteiger partial charge in [-0.3, -0.25) is 0 Å². The van der Waals surface area contributed by atoms with Gasteiger partial charge >= 0.3 is 0 Å². The Morgan fingerprint density at radius 3 is 2.74 bits per heavy atom. The highest BCUT2D eigenvalue weighted by Crippen LogP contribution is 2.29. The van der Waals surface area contributed by atoms with E-state index in [1.54, 1.807) is 0 Å². The first-order valence-corrected chi connectivity index (χ1v) is 9.27. The molecule has 0 bridgehead atoms. The summed E-state index contributed by atoms with van der Waals surface area (Å²) < 4.78 is 37.8. The van der Waals surface area contributed by atoms with Gasteiger partial charge < -0.3 is 8.83 Å². The zero-order chi connectivity index (χ0) is 16.6. The van der Waals surface area contributed by atoms with E-state index in [-0.39, 0.29) is 22.9 Å². The van der Waals surface area contributed by atoms with Gasteiger partial charge in [0.15, 0.2) is 0 Å². The monoisotopic (exact) mass is 339 g/mol. The Labute approximate surface area is 135 Å². The lowest BCUT2D eigenvalue weighted by Gasteiger charge is -2.31. The number of nitrogens with zero attached hydrogens (tertiary/aromatic N) is 3. The van der Waals surface area contributed by atoms with Gasteiger partial charge in [0.25, 0.3) is 15.9 Å². The fraction of sp³-hybridized carbons (Fsp3) is 0.600. The molecule has 3 rings (SSSR count). The topological polar surface area (TPSA) is 89.4 Å². The molecule has 0 aromatic carbocycles. The quantitative estimate of drug-likeness (QED) is 0.850. The Hall–Kier alpha value is -1.67. The van der Waals surface area contributed by atoms with Crippen LogP contribution in [-0.4, -0.2) is 35.5 Å². The van der Waals surface area contributed by atoms with Crippen LogP contribution in [0.3, 0.4) is 0 Å². The Balaban J connectivity index is 1.88. The fourth-order valence-electron chi connectivity index (χ4n) is 2.69. The first-order valence-electron chi connectivity index (χ1n) is 7.83. The predicted molar refractivity (Wildman–Crippen MR) is 83.3 cm³/mol. The van der Waals surface area contributed by atoms with Gasteiger partial charge in [0.1, 0.15) is 6.26 Å². The molecule has 1 aliphatic heterocycles. The highest BCUT2D eigenvalue weighted by molar-refractivity contribution is 7.89. The zero-order valence-corrected chi connectivity index (χ0v) is 14.3. The molecule has 8 heteroatoms. The number of aromatic nitrogens is 2. The molecular formula is C15H21N3O4S. The van der Waals surface area contributed by atoms with Crippen molar-refractivity contribution in [2.75, 3.05) is 6.54 Å². The molecule has 0 unspecified atom stereocenters. The van der Waals surface area contributed by atoms with E-state index in [9.17, 15) is 8.42 Å². The van der Waals surface area contributed by atoms with Crippen LogP contribution in [0.2, 0.25) is 0 Å². The van der Waals surface area contributed by atoms with Crippen molar-refractivity contribution < 1.29 is 17.3 Å². The molecule has 1 aliphatic rings. The third-order valence-corrected chi connectivity index (χ3v) is 5.94. The molecule has 1 saturated heterocycles. The highest BCUT2D eigenvalue weighted by atomic mass is 32.2. The summed E-state index contributed by atoms with van der Waals surface area (Å²) >= 11 is 0. The maximum Gasteiger partial charge on any atom is 0.276 e. The molecule has 0 radical (unpaired) electrons. The van der Waals surface area contributed by atoms with Crippen LogP contribution >= 0.6 is 0 Å². The van der Waals surface area contributed by atoms with E-state index in [2.05, 4.69) is 10.2 Å². The molecule has 0 aliphatic carbocycles.